The molecular formula is C25H25IN2O4. The molecule has 32 heavy (non-hydrogen) atoms. The summed E-state index contributed by atoms with van der Waals surface area (Å²) in [6.45, 7) is 5.73. The summed E-state index contributed by atoms with van der Waals surface area (Å²) in [5.74, 6) is 0.0383. The van der Waals surface area contributed by atoms with Gasteiger partial charge in [0.1, 0.15) is 0 Å². The Labute approximate surface area is 200 Å². The lowest BCUT2D eigenvalue weighted by atomic mass is 10.1. The molecule has 0 unspecified atom stereocenters. The number of ether oxygens (including phenoxy) is 2. The van der Waals surface area contributed by atoms with E-state index >= 15 is 0 Å². The van der Waals surface area contributed by atoms with E-state index in [0.29, 0.717) is 29.8 Å². The van der Waals surface area contributed by atoms with Crippen LogP contribution in [0.15, 0.2) is 88.6 Å². The molecule has 0 spiro atoms. The molecule has 1 N–H and O–H groups in total. The lowest BCUT2D eigenvalue weighted by Crippen LogP contribution is -2.33. The van der Waals surface area contributed by atoms with E-state index in [2.05, 4.69) is 11.6 Å². The molecule has 0 aliphatic heterocycles. The van der Waals surface area contributed by atoms with Gasteiger partial charge in [-0.25, -0.2) is 4.79 Å². The zero-order chi connectivity index (χ0) is 22.5. The maximum absolute atomic E-state index is 12.5. The largest absolute Gasteiger partial charge is 0.376 e. The van der Waals surface area contributed by atoms with Crippen molar-refractivity contribution >= 4 is 22.6 Å². The van der Waals surface area contributed by atoms with Gasteiger partial charge >= 0.3 is 5.69 Å². The van der Waals surface area contributed by atoms with E-state index in [0.717, 1.165) is 16.7 Å². The standard InChI is InChI=1S/C25H25IN2O4/c1-17-22(28-13-21(26)24(29)27-25(28)30)12-20(16-31-14-18-8-4-2-5-9-18)23(17)32-15-19-10-6-3-7-11-19/h2-11,13,20,22-23H,1,12,14-16H2,(H,27,29,30)/t20-,22-,23+/m1/s1. The number of nitrogens with one attached hydrogen (secondary N) is 1. The number of hydrogen-bond acceptors (Lipinski definition) is 4. The molecule has 1 aromatic heterocycles. The van der Waals surface area contributed by atoms with Gasteiger partial charge in [-0.1, -0.05) is 67.2 Å². The van der Waals surface area contributed by atoms with Gasteiger partial charge < -0.3 is 9.47 Å². The number of aromatic nitrogens is 2. The number of H-pyrrole nitrogens is 1. The molecule has 4 rings (SSSR count). The molecule has 3 aromatic rings. The Morgan fingerprint density at radius 2 is 1.62 bits per heavy atom. The van der Waals surface area contributed by atoms with Gasteiger partial charge in [0.25, 0.3) is 5.56 Å². The van der Waals surface area contributed by atoms with E-state index in [1.807, 2.05) is 83.3 Å². The van der Waals surface area contributed by atoms with Crippen LogP contribution in [0.25, 0.3) is 0 Å². The van der Waals surface area contributed by atoms with Crippen molar-refractivity contribution in [1.82, 2.24) is 9.55 Å². The Bertz CT molecular complexity index is 1170. The smallest absolute Gasteiger partial charge is 0.328 e. The molecule has 6 nitrogen and oxygen atoms in total. The van der Waals surface area contributed by atoms with Crippen LogP contribution in [0, 0.1) is 9.49 Å². The van der Waals surface area contributed by atoms with Gasteiger partial charge in [0.05, 0.1) is 35.5 Å². The van der Waals surface area contributed by atoms with Gasteiger partial charge in [0, 0.05) is 12.1 Å². The predicted octanol–water partition coefficient (Wildman–Crippen LogP) is 4.06. The summed E-state index contributed by atoms with van der Waals surface area (Å²) < 4.78 is 14.3. The minimum absolute atomic E-state index is 0.0383. The van der Waals surface area contributed by atoms with Crippen molar-refractivity contribution in [2.45, 2.75) is 31.8 Å². The molecular weight excluding hydrogens is 519 g/mol. The highest BCUT2D eigenvalue weighted by Crippen LogP contribution is 2.40. The van der Waals surface area contributed by atoms with Crippen LogP contribution >= 0.6 is 22.6 Å². The Morgan fingerprint density at radius 3 is 2.28 bits per heavy atom. The minimum Gasteiger partial charge on any atom is -0.376 e. The molecule has 0 radical (unpaired) electrons. The molecule has 1 aliphatic carbocycles. The van der Waals surface area contributed by atoms with Gasteiger partial charge in [0.2, 0.25) is 0 Å². The topological polar surface area (TPSA) is 73.3 Å². The second-order valence-corrected chi connectivity index (χ2v) is 9.11. The quantitative estimate of drug-likeness (QED) is 0.343. The first-order valence-electron chi connectivity index (χ1n) is 10.5. The van der Waals surface area contributed by atoms with Crippen molar-refractivity contribution in [1.29, 1.82) is 0 Å². The predicted molar refractivity (Wildman–Crippen MR) is 131 cm³/mol. The van der Waals surface area contributed by atoms with Crippen molar-refractivity contribution in [2.24, 2.45) is 5.92 Å². The molecule has 2 aromatic carbocycles. The third-order valence-electron chi connectivity index (χ3n) is 5.72. The molecule has 0 amide bonds. The normalized spacial score (nSPS) is 20.5. The highest BCUT2D eigenvalue weighted by atomic mass is 127. The summed E-state index contributed by atoms with van der Waals surface area (Å²) in [6, 6.07) is 19.7. The van der Waals surface area contributed by atoms with Gasteiger partial charge in [0.15, 0.2) is 0 Å². The fraction of sp³-hybridized carbons (Fsp3) is 0.280. The Kier molecular flexibility index (Phi) is 7.39. The van der Waals surface area contributed by atoms with E-state index in [9.17, 15) is 9.59 Å². The minimum atomic E-state index is -0.436. The van der Waals surface area contributed by atoms with Crippen LogP contribution in [0.4, 0.5) is 0 Å². The van der Waals surface area contributed by atoms with E-state index in [1.165, 1.54) is 0 Å². The third-order valence-corrected chi connectivity index (χ3v) is 6.49. The zero-order valence-corrected chi connectivity index (χ0v) is 19.7. The molecule has 166 valence electrons. The highest BCUT2D eigenvalue weighted by molar-refractivity contribution is 14.1. The van der Waals surface area contributed by atoms with Crippen LogP contribution < -0.4 is 11.2 Å². The van der Waals surface area contributed by atoms with Gasteiger partial charge in [-0.2, -0.15) is 0 Å². The van der Waals surface area contributed by atoms with E-state index in [4.69, 9.17) is 9.47 Å². The SMILES string of the molecule is C=C1[C@H](n2cc(I)c(=O)[nH]c2=O)C[C@H](COCc2ccccc2)[C@H]1OCc1ccccc1. The third kappa shape index (κ3) is 5.28. The van der Waals surface area contributed by atoms with Crippen LogP contribution in [-0.2, 0) is 22.7 Å². The monoisotopic (exact) mass is 544 g/mol. The van der Waals surface area contributed by atoms with Crippen molar-refractivity contribution in [3.05, 3.63) is 115 Å². The van der Waals surface area contributed by atoms with Crippen molar-refractivity contribution in [3.63, 3.8) is 0 Å². The lowest BCUT2D eigenvalue weighted by molar-refractivity contribution is -0.00364. The van der Waals surface area contributed by atoms with Crippen LogP contribution in [0.5, 0.6) is 0 Å². The number of nitrogens with zero attached hydrogens (tertiary/aromatic N) is 1. The van der Waals surface area contributed by atoms with Gasteiger partial charge in [-0.05, 0) is 45.7 Å². The van der Waals surface area contributed by atoms with Crippen molar-refractivity contribution in [3.8, 4) is 0 Å². The summed E-state index contributed by atoms with van der Waals surface area (Å²) >= 11 is 1.94. The summed E-state index contributed by atoms with van der Waals surface area (Å²) in [4.78, 5) is 26.7. The first-order valence-corrected chi connectivity index (χ1v) is 11.6. The zero-order valence-electron chi connectivity index (χ0n) is 17.6. The molecule has 7 heteroatoms. The molecule has 1 aliphatic rings. The molecule has 0 saturated heterocycles. The summed E-state index contributed by atoms with van der Waals surface area (Å²) in [5.41, 5.74) is 2.18. The van der Waals surface area contributed by atoms with E-state index in [-0.39, 0.29) is 23.6 Å². The average Bonchev–Trinajstić information content (AvgIpc) is 3.11. The number of halogens is 1. The van der Waals surface area contributed by atoms with Crippen molar-refractivity contribution in [2.75, 3.05) is 6.61 Å². The Morgan fingerprint density at radius 1 is 1.00 bits per heavy atom. The fourth-order valence-corrected chi connectivity index (χ4v) is 4.53. The number of hydrogen-bond donors (Lipinski definition) is 1. The van der Waals surface area contributed by atoms with Crippen LogP contribution in [0.1, 0.15) is 23.6 Å². The van der Waals surface area contributed by atoms with Crippen LogP contribution in [0.2, 0.25) is 0 Å². The molecule has 1 saturated carbocycles. The summed E-state index contributed by atoms with van der Waals surface area (Å²) in [6.07, 6.45) is 1.99. The molecule has 3 atom stereocenters. The first kappa shape index (κ1) is 22.7. The maximum Gasteiger partial charge on any atom is 0.328 e. The summed E-state index contributed by atoms with van der Waals surface area (Å²) in [7, 11) is 0. The second-order valence-electron chi connectivity index (χ2n) is 7.95. The lowest BCUT2D eigenvalue weighted by Gasteiger charge is -2.21. The molecule has 0 bridgehead atoms. The number of benzene rings is 2. The molecule has 1 fully saturated rings. The Hall–Kier alpha value is -2.49. The Balaban J connectivity index is 1.52. The van der Waals surface area contributed by atoms with Crippen LogP contribution in [0.3, 0.4) is 0 Å². The van der Waals surface area contributed by atoms with Crippen molar-refractivity contribution < 1.29 is 9.47 Å². The first-order chi connectivity index (χ1) is 15.5. The summed E-state index contributed by atoms with van der Waals surface area (Å²) in [5, 5.41) is 0. The second kappa shape index (κ2) is 10.4. The number of rotatable bonds is 8. The highest BCUT2D eigenvalue weighted by Gasteiger charge is 2.40. The maximum atomic E-state index is 12.5. The number of aromatic amines is 1. The van der Waals surface area contributed by atoms with Gasteiger partial charge in [-0.15, -0.1) is 0 Å². The van der Waals surface area contributed by atoms with E-state index < -0.39 is 5.69 Å². The van der Waals surface area contributed by atoms with Crippen LogP contribution in [-0.4, -0.2) is 22.3 Å². The van der Waals surface area contributed by atoms with Gasteiger partial charge in [-0.3, -0.25) is 14.3 Å². The van der Waals surface area contributed by atoms with E-state index in [1.54, 1.807) is 10.8 Å². The molecule has 1 heterocycles. The fourth-order valence-electron chi connectivity index (χ4n) is 4.10. The average molecular weight is 544 g/mol.